The highest BCUT2D eigenvalue weighted by Crippen LogP contribution is 2.22. The second-order valence-corrected chi connectivity index (χ2v) is 5.61. The SMILES string of the molecule is Cc1ccc(Cl)cc1Nc1nccc(C(=O)Nc2ccccc2)n1. The van der Waals surface area contributed by atoms with Crippen molar-refractivity contribution in [1.82, 2.24) is 9.97 Å². The molecule has 24 heavy (non-hydrogen) atoms. The first-order valence-corrected chi connectivity index (χ1v) is 7.72. The Morgan fingerprint density at radius 2 is 1.88 bits per heavy atom. The van der Waals surface area contributed by atoms with Gasteiger partial charge in [0.25, 0.3) is 5.91 Å². The van der Waals surface area contributed by atoms with Crippen molar-refractivity contribution in [2.24, 2.45) is 0 Å². The molecule has 0 aliphatic carbocycles. The van der Waals surface area contributed by atoms with Crippen molar-refractivity contribution in [3.63, 3.8) is 0 Å². The fourth-order valence-electron chi connectivity index (χ4n) is 2.11. The third-order valence-electron chi connectivity index (χ3n) is 3.37. The van der Waals surface area contributed by atoms with Crippen LogP contribution in [0, 0.1) is 6.92 Å². The minimum atomic E-state index is -0.297. The van der Waals surface area contributed by atoms with E-state index in [9.17, 15) is 4.79 Å². The number of halogens is 1. The van der Waals surface area contributed by atoms with E-state index in [-0.39, 0.29) is 11.6 Å². The summed E-state index contributed by atoms with van der Waals surface area (Å²) in [5, 5.41) is 6.49. The predicted molar refractivity (Wildman–Crippen MR) is 95.9 cm³/mol. The number of aromatic nitrogens is 2. The molecule has 1 amide bonds. The van der Waals surface area contributed by atoms with Crippen LogP contribution in [-0.4, -0.2) is 15.9 Å². The molecule has 1 heterocycles. The summed E-state index contributed by atoms with van der Waals surface area (Å²) < 4.78 is 0. The molecule has 0 saturated carbocycles. The van der Waals surface area contributed by atoms with Crippen LogP contribution in [0.1, 0.15) is 16.1 Å². The fourth-order valence-corrected chi connectivity index (χ4v) is 2.28. The Labute approximate surface area is 144 Å². The Morgan fingerprint density at radius 1 is 1.08 bits per heavy atom. The first kappa shape index (κ1) is 16.0. The van der Waals surface area contributed by atoms with E-state index in [2.05, 4.69) is 20.6 Å². The highest BCUT2D eigenvalue weighted by atomic mass is 35.5. The number of carbonyl (C=O) groups excluding carboxylic acids is 1. The molecule has 1 aromatic heterocycles. The van der Waals surface area contributed by atoms with Crippen LogP contribution >= 0.6 is 11.6 Å². The smallest absolute Gasteiger partial charge is 0.274 e. The lowest BCUT2D eigenvalue weighted by Gasteiger charge is -2.09. The van der Waals surface area contributed by atoms with Gasteiger partial charge in [0.15, 0.2) is 0 Å². The lowest BCUT2D eigenvalue weighted by Crippen LogP contribution is -2.14. The molecule has 0 unspecified atom stereocenters. The van der Waals surface area contributed by atoms with Gasteiger partial charge in [-0.3, -0.25) is 4.79 Å². The molecule has 120 valence electrons. The highest BCUT2D eigenvalue weighted by molar-refractivity contribution is 6.30. The second-order valence-electron chi connectivity index (χ2n) is 5.17. The molecular weight excluding hydrogens is 324 g/mol. The van der Waals surface area contributed by atoms with E-state index in [1.54, 1.807) is 12.1 Å². The number of benzene rings is 2. The Balaban J connectivity index is 1.79. The highest BCUT2D eigenvalue weighted by Gasteiger charge is 2.10. The number of rotatable bonds is 4. The van der Waals surface area contributed by atoms with E-state index in [1.807, 2.05) is 49.4 Å². The number of para-hydroxylation sites is 1. The van der Waals surface area contributed by atoms with E-state index in [0.717, 1.165) is 11.3 Å². The van der Waals surface area contributed by atoms with Gasteiger partial charge in [0.2, 0.25) is 5.95 Å². The van der Waals surface area contributed by atoms with Crippen molar-refractivity contribution in [3.05, 3.63) is 77.1 Å². The van der Waals surface area contributed by atoms with Crippen LogP contribution in [0.4, 0.5) is 17.3 Å². The van der Waals surface area contributed by atoms with E-state index >= 15 is 0 Å². The maximum absolute atomic E-state index is 12.3. The molecule has 0 atom stereocenters. The van der Waals surface area contributed by atoms with Crippen LogP contribution in [0.2, 0.25) is 5.02 Å². The van der Waals surface area contributed by atoms with Gasteiger partial charge in [0.05, 0.1) is 0 Å². The van der Waals surface area contributed by atoms with Crippen molar-refractivity contribution in [2.75, 3.05) is 10.6 Å². The molecule has 0 bridgehead atoms. The summed E-state index contributed by atoms with van der Waals surface area (Å²) in [6, 6.07) is 16.3. The number of aryl methyl sites for hydroxylation is 1. The standard InChI is InChI=1S/C18H15ClN4O/c1-12-7-8-13(19)11-16(12)23-18-20-10-9-15(22-18)17(24)21-14-5-3-2-4-6-14/h2-11H,1H3,(H,21,24)(H,20,22,23). The zero-order valence-corrected chi connectivity index (χ0v) is 13.7. The maximum atomic E-state index is 12.3. The number of carbonyl (C=O) groups is 1. The number of hydrogen-bond acceptors (Lipinski definition) is 4. The second kappa shape index (κ2) is 7.10. The number of nitrogens with zero attached hydrogens (tertiary/aromatic N) is 2. The molecule has 3 rings (SSSR count). The van der Waals surface area contributed by atoms with Crippen LogP contribution in [0.5, 0.6) is 0 Å². The van der Waals surface area contributed by atoms with Gasteiger partial charge < -0.3 is 10.6 Å². The number of nitrogens with one attached hydrogen (secondary N) is 2. The molecule has 2 aromatic carbocycles. The van der Waals surface area contributed by atoms with E-state index in [1.165, 1.54) is 6.20 Å². The van der Waals surface area contributed by atoms with Gasteiger partial charge in [-0.2, -0.15) is 0 Å². The third-order valence-corrected chi connectivity index (χ3v) is 3.60. The van der Waals surface area contributed by atoms with Crippen LogP contribution in [0.25, 0.3) is 0 Å². The van der Waals surface area contributed by atoms with Gasteiger partial charge in [0, 0.05) is 22.6 Å². The summed E-state index contributed by atoms with van der Waals surface area (Å²) in [7, 11) is 0. The van der Waals surface area contributed by atoms with Crippen LogP contribution in [-0.2, 0) is 0 Å². The Bertz CT molecular complexity index is 868. The molecule has 0 fully saturated rings. The maximum Gasteiger partial charge on any atom is 0.274 e. The van der Waals surface area contributed by atoms with Gasteiger partial charge in [0.1, 0.15) is 5.69 Å². The molecule has 0 radical (unpaired) electrons. The minimum Gasteiger partial charge on any atom is -0.324 e. The summed E-state index contributed by atoms with van der Waals surface area (Å²) in [6.07, 6.45) is 1.54. The Hall–Kier alpha value is -2.92. The molecule has 0 aliphatic rings. The summed E-state index contributed by atoms with van der Waals surface area (Å²) >= 11 is 6.01. The monoisotopic (exact) mass is 338 g/mol. The summed E-state index contributed by atoms with van der Waals surface area (Å²) in [6.45, 7) is 1.95. The normalized spacial score (nSPS) is 10.2. The summed E-state index contributed by atoms with van der Waals surface area (Å²) in [5.74, 6) is 0.0375. The number of amides is 1. The molecule has 2 N–H and O–H groups in total. The molecule has 0 saturated heterocycles. The molecule has 0 spiro atoms. The number of anilines is 3. The van der Waals surface area contributed by atoms with E-state index < -0.39 is 0 Å². The van der Waals surface area contributed by atoms with Gasteiger partial charge in [-0.15, -0.1) is 0 Å². The minimum absolute atomic E-state index is 0.274. The Morgan fingerprint density at radius 3 is 2.67 bits per heavy atom. The lowest BCUT2D eigenvalue weighted by atomic mass is 10.2. The Kier molecular flexibility index (Phi) is 4.72. The van der Waals surface area contributed by atoms with Crippen molar-refractivity contribution >= 4 is 34.8 Å². The topological polar surface area (TPSA) is 66.9 Å². The van der Waals surface area contributed by atoms with Crippen molar-refractivity contribution in [1.29, 1.82) is 0 Å². The van der Waals surface area contributed by atoms with Crippen LogP contribution in [0.3, 0.4) is 0 Å². The zero-order valence-electron chi connectivity index (χ0n) is 13.0. The zero-order chi connectivity index (χ0) is 16.9. The largest absolute Gasteiger partial charge is 0.324 e. The average molecular weight is 339 g/mol. The predicted octanol–water partition coefficient (Wildman–Crippen LogP) is 4.43. The van der Waals surface area contributed by atoms with Gasteiger partial charge in [-0.05, 0) is 42.8 Å². The molecule has 5 nitrogen and oxygen atoms in total. The molecular formula is C18H15ClN4O. The van der Waals surface area contributed by atoms with Crippen molar-refractivity contribution < 1.29 is 4.79 Å². The first-order chi connectivity index (χ1) is 11.6. The van der Waals surface area contributed by atoms with Gasteiger partial charge in [-0.25, -0.2) is 9.97 Å². The summed E-state index contributed by atoms with van der Waals surface area (Å²) in [5.41, 5.74) is 2.78. The number of hydrogen-bond donors (Lipinski definition) is 2. The lowest BCUT2D eigenvalue weighted by molar-refractivity contribution is 0.102. The van der Waals surface area contributed by atoms with E-state index in [4.69, 9.17) is 11.6 Å². The molecule has 3 aromatic rings. The van der Waals surface area contributed by atoms with Gasteiger partial charge >= 0.3 is 0 Å². The summed E-state index contributed by atoms with van der Waals surface area (Å²) in [4.78, 5) is 20.7. The van der Waals surface area contributed by atoms with E-state index in [0.29, 0.717) is 16.7 Å². The molecule has 6 heteroatoms. The van der Waals surface area contributed by atoms with Crippen molar-refractivity contribution in [3.8, 4) is 0 Å². The first-order valence-electron chi connectivity index (χ1n) is 7.34. The third kappa shape index (κ3) is 3.88. The quantitative estimate of drug-likeness (QED) is 0.738. The van der Waals surface area contributed by atoms with Crippen molar-refractivity contribution in [2.45, 2.75) is 6.92 Å². The van der Waals surface area contributed by atoms with Crippen LogP contribution in [0.15, 0.2) is 60.8 Å². The van der Waals surface area contributed by atoms with Crippen LogP contribution < -0.4 is 10.6 Å². The van der Waals surface area contributed by atoms with Gasteiger partial charge in [-0.1, -0.05) is 35.9 Å². The molecule has 0 aliphatic heterocycles. The average Bonchev–Trinajstić information content (AvgIpc) is 2.59. The fraction of sp³-hybridized carbons (Fsp3) is 0.0556.